The van der Waals surface area contributed by atoms with Crippen molar-refractivity contribution in [2.45, 2.75) is 95.0 Å². The van der Waals surface area contributed by atoms with E-state index in [1.165, 1.54) is 25.3 Å². The normalized spacial score (nSPS) is 37.9. The Morgan fingerprint density at radius 2 is 1.65 bits per heavy atom. The summed E-state index contributed by atoms with van der Waals surface area (Å²) in [5.41, 5.74) is 0.0905. The second-order valence-corrected chi connectivity index (χ2v) is 16.0. The molecule has 1 saturated heterocycles. The number of benzene rings is 1. The Morgan fingerprint density at radius 1 is 1.00 bits per heavy atom. The Hall–Kier alpha value is -1.93. The summed E-state index contributed by atoms with van der Waals surface area (Å²) >= 11 is 0. The van der Waals surface area contributed by atoms with Crippen LogP contribution in [0.5, 0.6) is 0 Å². The van der Waals surface area contributed by atoms with E-state index in [4.69, 9.17) is 4.74 Å². The smallest absolute Gasteiger partial charge is 0.338 e. The van der Waals surface area contributed by atoms with Crippen LogP contribution in [-0.4, -0.2) is 49.3 Å². The highest BCUT2D eigenvalue weighted by Gasteiger charge is 2.53. The third-order valence-electron chi connectivity index (χ3n) is 9.82. The van der Waals surface area contributed by atoms with Crippen molar-refractivity contribution in [2.75, 3.05) is 13.2 Å². The van der Waals surface area contributed by atoms with E-state index in [1.807, 2.05) is 0 Å². The van der Waals surface area contributed by atoms with Gasteiger partial charge in [0.2, 0.25) is 10.0 Å². The molecule has 1 aromatic rings. The zero-order valence-electron chi connectivity index (χ0n) is 22.3. The van der Waals surface area contributed by atoms with Crippen LogP contribution in [0.15, 0.2) is 29.2 Å². The Bertz CT molecular complexity index is 1190. The first-order chi connectivity index (χ1) is 17.3. The van der Waals surface area contributed by atoms with E-state index in [-0.39, 0.29) is 45.4 Å². The highest BCUT2D eigenvalue weighted by Crippen LogP contribution is 2.56. The fraction of sp³-hybridized carbons (Fsp3) is 0.724. The van der Waals surface area contributed by atoms with Gasteiger partial charge in [-0.15, -0.1) is 0 Å². The van der Waals surface area contributed by atoms with Crippen LogP contribution in [0.2, 0.25) is 0 Å². The van der Waals surface area contributed by atoms with Gasteiger partial charge in [-0.25, -0.2) is 13.2 Å². The van der Waals surface area contributed by atoms with Crippen molar-refractivity contribution < 1.29 is 22.7 Å². The Labute approximate surface area is 220 Å². The number of sulfonamides is 1. The van der Waals surface area contributed by atoms with Gasteiger partial charge in [0.05, 0.1) is 10.5 Å². The van der Waals surface area contributed by atoms with Crippen LogP contribution in [0, 0.1) is 28.6 Å². The van der Waals surface area contributed by atoms with Crippen molar-refractivity contribution in [3.05, 3.63) is 29.8 Å². The summed E-state index contributed by atoms with van der Waals surface area (Å²) < 4.78 is 34.3. The number of nitrogens with one attached hydrogen (secondary N) is 1. The largest absolute Gasteiger partial charge is 0.452 e. The summed E-state index contributed by atoms with van der Waals surface area (Å²) in [4.78, 5) is 25.7. The lowest BCUT2D eigenvalue weighted by Crippen LogP contribution is -2.60. The molecule has 202 valence electrons. The van der Waals surface area contributed by atoms with Crippen LogP contribution in [0.25, 0.3) is 0 Å². The number of carbonyl (C=O) groups excluding carboxylic acids is 2. The summed E-state index contributed by atoms with van der Waals surface area (Å²) in [6, 6.07) is 6.03. The van der Waals surface area contributed by atoms with Gasteiger partial charge in [0, 0.05) is 18.1 Å². The molecule has 0 aromatic heterocycles. The molecular weight excluding hydrogens is 488 g/mol. The average molecular weight is 529 g/mol. The molecule has 8 heteroatoms. The first-order valence-corrected chi connectivity index (χ1v) is 15.4. The second kappa shape index (κ2) is 8.54. The molecule has 0 radical (unpaired) electrons. The van der Waals surface area contributed by atoms with Crippen molar-refractivity contribution >= 4 is 21.9 Å². The van der Waals surface area contributed by atoms with Crippen LogP contribution in [-0.2, 0) is 19.6 Å². The minimum Gasteiger partial charge on any atom is -0.452 e. The molecule has 1 N–H and O–H groups in total. The monoisotopic (exact) mass is 528 g/mol. The number of hydrogen-bond donors (Lipinski definition) is 1. The molecule has 5 aliphatic carbocycles. The van der Waals surface area contributed by atoms with Crippen LogP contribution >= 0.6 is 0 Å². The maximum atomic E-state index is 13.6. The van der Waals surface area contributed by atoms with Crippen LogP contribution in [0.1, 0.15) is 88.9 Å². The molecule has 7 rings (SSSR count). The maximum absolute atomic E-state index is 13.6. The predicted octanol–water partition coefficient (Wildman–Crippen LogP) is 4.52. The highest BCUT2D eigenvalue weighted by atomic mass is 32.2. The Morgan fingerprint density at radius 3 is 2.30 bits per heavy atom. The van der Waals surface area contributed by atoms with Gasteiger partial charge in [0.1, 0.15) is 0 Å². The van der Waals surface area contributed by atoms with Gasteiger partial charge in [-0.05, 0) is 105 Å². The fourth-order valence-corrected chi connectivity index (χ4v) is 11.2. The topological polar surface area (TPSA) is 92.8 Å². The quantitative estimate of drug-likeness (QED) is 0.548. The Kier molecular flexibility index (Phi) is 5.85. The molecule has 0 spiro atoms. The summed E-state index contributed by atoms with van der Waals surface area (Å²) in [6.45, 7) is 6.76. The molecule has 2 atom stereocenters. The molecule has 37 heavy (non-hydrogen) atoms. The summed E-state index contributed by atoms with van der Waals surface area (Å²) in [5.74, 6) is 1.19. The molecule has 1 amide bonds. The molecule has 6 bridgehead atoms. The number of esters is 1. The van der Waals surface area contributed by atoms with E-state index in [0.717, 1.165) is 38.5 Å². The van der Waals surface area contributed by atoms with Crippen LogP contribution in [0.3, 0.4) is 0 Å². The minimum absolute atomic E-state index is 0.0253. The van der Waals surface area contributed by atoms with Crippen LogP contribution < -0.4 is 5.32 Å². The van der Waals surface area contributed by atoms with E-state index in [0.29, 0.717) is 24.3 Å². The van der Waals surface area contributed by atoms with E-state index in [1.54, 1.807) is 22.5 Å². The maximum Gasteiger partial charge on any atom is 0.338 e. The highest BCUT2D eigenvalue weighted by molar-refractivity contribution is 7.89. The molecule has 1 aromatic carbocycles. The number of ether oxygens (including phenoxy) is 1. The third-order valence-corrected chi connectivity index (χ3v) is 11.7. The number of rotatable bonds is 6. The van der Waals surface area contributed by atoms with Gasteiger partial charge in [0.15, 0.2) is 6.61 Å². The summed E-state index contributed by atoms with van der Waals surface area (Å²) in [7, 11) is -3.75. The molecule has 1 aliphatic heterocycles. The van der Waals surface area contributed by atoms with Crippen LogP contribution in [0.4, 0.5) is 0 Å². The van der Waals surface area contributed by atoms with Crippen molar-refractivity contribution in [2.24, 2.45) is 28.6 Å². The van der Waals surface area contributed by atoms with Crippen molar-refractivity contribution in [1.29, 1.82) is 0 Å². The Balaban J connectivity index is 1.10. The lowest BCUT2D eigenvalue weighted by atomic mass is 9.53. The number of nitrogens with zero attached hydrogens (tertiary/aromatic N) is 1. The molecule has 6 fully saturated rings. The average Bonchev–Trinajstić information content (AvgIpc) is 3.05. The molecular formula is C29H40N2O5S. The molecule has 1 heterocycles. The van der Waals surface area contributed by atoms with Crippen molar-refractivity contribution in [3.63, 3.8) is 0 Å². The number of fused-ring (bicyclic) bond motifs is 2. The third kappa shape index (κ3) is 4.73. The molecule has 6 aliphatic rings. The van der Waals surface area contributed by atoms with Gasteiger partial charge in [-0.2, -0.15) is 4.31 Å². The molecule has 5 saturated carbocycles. The number of carbonyl (C=O) groups is 2. The fourth-order valence-electron chi connectivity index (χ4n) is 9.42. The summed E-state index contributed by atoms with van der Waals surface area (Å²) in [5, 5.41) is 3.22. The van der Waals surface area contributed by atoms with Gasteiger partial charge >= 0.3 is 5.97 Å². The van der Waals surface area contributed by atoms with Gasteiger partial charge in [-0.3, -0.25) is 4.79 Å². The van der Waals surface area contributed by atoms with E-state index < -0.39 is 16.0 Å². The van der Waals surface area contributed by atoms with E-state index in [2.05, 4.69) is 26.1 Å². The SMILES string of the molecule is CC1(C)C[C@H]2C[C@@](C)(CN2S(=O)(=O)c2cccc(C(=O)OCC(=O)NC34CC5CC(CC(C5)C3)C4)c2)C1. The lowest BCUT2D eigenvalue weighted by Gasteiger charge is -2.56. The first-order valence-electron chi connectivity index (χ1n) is 13.9. The number of amides is 1. The zero-order valence-corrected chi connectivity index (χ0v) is 23.1. The van der Waals surface area contributed by atoms with Gasteiger partial charge in [0.25, 0.3) is 5.91 Å². The molecule has 0 unspecified atom stereocenters. The lowest BCUT2D eigenvalue weighted by molar-refractivity contribution is -0.130. The van der Waals surface area contributed by atoms with Gasteiger partial charge in [-0.1, -0.05) is 26.8 Å². The van der Waals surface area contributed by atoms with Crippen molar-refractivity contribution in [3.8, 4) is 0 Å². The summed E-state index contributed by atoms with van der Waals surface area (Å²) in [6.07, 6.45) is 9.68. The number of hydrogen-bond acceptors (Lipinski definition) is 5. The second-order valence-electron chi connectivity index (χ2n) is 14.1. The zero-order chi connectivity index (χ0) is 26.2. The van der Waals surface area contributed by atoms with Gasteiger partial charge < -0.3 is 10.1 Å². The van der Waals surface area contributed by atoms with Crippen molar-refractivity contribution in [1.82, 2.24) is 9.62 Å². The predicted molar refractivity (Wildman–Crippen MR) is 139 cm³/mol. The standard InChI is InChI=1S/C29H40N2O5S/c1-27(2)14-23-15-28(3,17-27)18-31(23)37(34,35)24-6-4-5-22(10-24)26(33)36-16-25(32)30-29-11-19-7-20(12-29)9-21(8-19)13-29/h4-6,10,19-21,23H,7-9,11-18H2,1-3H3,(H,30,32)/t19?,20?,21?,23-,28+,29?/m0/s1. The minimum atomic E-state index is -3.75. The molecule has 7 nitrogen and oxygen atoms in total. The van der Waals surface area contributed by atoms with E-state index >= 15 is 0 Å². The van der Waals surface area contributed by atoms with E-state index in [9.17, 15) is 18.0 Å². The first kappa shape index (κ1) is 25.4.